The van der Waals surface area contributed by atoms with Crippen LogP contribution in [0.25, 0.3) is 0 Å². The molecule has 0 bridgehead atoms. The van der Waals surface area contributed by atoms with Crippen LogP contribution < -0.4 is 0 Å². The van der Waals surface area contributed by atoms with Gasteiger partial charge in [0.15, 0.2) is 5.78 Å². The third-order valence-corrected chi connectivity index (χ3v) is 3.27. The molecule has 0 aliphatic heterocycles. The van der Waals surface area contributed by atoms with Crippen LogP contribution in [0.3, 0.4) is 0 Å². The lowest BCUT2D eigenvalue weighted by Gasteiger charge is -2.00. The van der Waals surface area contributed by atoms with E-state index in [9.17, 15) is 4.79 Å². The molecule has 2 aromatic rings. The highest BCUT2D eigenvalue weighted by molar-refractivity contribution is 6.42. The summed E-state index contributed by atoms with van der Waals surface area (Å²) in [6.07, 6.45) is 4.29. The average Bonchev–Trinajstić information content (AvgIpc) is 2.81. The van der Waals surface area contributed by atoms with Gasteiger partial charge in [0, 0.05) is 18.3 Å². The molecule has 0 saturated carbocycles. The number of ketones is 1. The van der Waals surface area contributed by atoms with Crippen LogP contribution in [0.5, 0.6) is 0 Å². The van der Waals surface area contributed by atoms with Crippen molar-refractivity contribution >= 4 is 29.0 Å². The van der Waals surface area contributed by atoms with Crippen molar-refractivity contribution in [2.75, 3.05) is 0 Å². The Morgan fingerprint density at radius 2 is 2.06 bits per heavy atom. The number of halogens is 2. The third kappa shape index (κ3) is 2.74. The molecule has 0 aliphatic rings. The molecule has 18 heavy (non-hydrogen) atoms. The van der Waals surface area contributed by atoms with Gasteiger partial charge in [-0.2, -0.15) is 5.10 Å². The number of rotatable bonds is 4. The zero-order chi connectivity index (χ0) is 13.1. The largest absolute Gasteiger partial charge is 0.288 e. The molecule has 0 amide bonds. The molecule has 5 heteroatoms. The maximum Gasteiger partial charge on any atom is 0.196 e. The topological polar surface area (TPSA) is 34.9 Å². The molecular weight excluding hydrogens is 271 g/mol. The summed E-state index contributed by atoms with van der Waals surface area (Å²) in [5.41, 5.74) is 1.07. The summed E-state index contributed by atoms with van der Waals surface area (Å²) in [4.78, 5) is 12.2. The van der Waals surface area contributed by atoms with Gasteiger partial charge >= 0.3 is 0 Å². The van der Waals surface area contributed by atoms with Gasteiger partial charge in [-0.3, -0.25) is 9.48 Å². The second kappa shape index (κ2) is 5.55. The van der Waals surface area contributed by atoms with E-state index in [0.717, 1.165) is 13.0 Å². The number of carbonyl (C=O) groups is 1. The number of carbonyl (C=O) groups excluding carboxylic acids is 1. The molecule has 1 aromatic carbocycles. The van der Waals surface area contributed by atoms with Gasteiger partial charge in [0.1, 0.15) is 0 Å². The van der Waals surface area contributed by atoms with Crippen LogP contribution in [0.1, 0.15) is 29.3 Å². The minimum absolute atomic E-state index is 0.101. The van der Waals surface area contributed by atoms with Crippen molar-refractivity contribution < 1.29 is 4.79 Å². The van der Waals surface area contributed by atoms with Gasteiger partial charge in [0.2, 0.25) is 0 Å². The van der Waals surface area contributed by atoms with Crippen molar-refractivity contribution in [2.45, 2.75) is 19.9 Å². The number of benzene rings is 1. The summed E-state index contributed by atoms with van der Waals surface area (Å²) < 4.78 is 1.75. The van der Waals surface area contributed by atoms with E-state index < -0.39 is 0 Å². The van der Waals surface area contributed by atoms with Gasteiger partial charge < -0.3 is 0 Å². The first kappa shape index (κ1) is 13.1. The van der Waals surface area contributed by atoms with Gasteiger partial charge in [-0.1, -0.05) is 30.1 Å². The molecule has 0 spiro atoms. The molecular formula is C13H12Cl2N2O. The standard InChI is InChI=1S/C13H12Cl2N2O/c1-2-5-17-8-10(7-16-17)13(18)9-3-4-11(14)12(15)6-9/h3-4,6-8H,2,5H2,1H3. The molecule has 0 saturated heterocycles. The molecule has 0 fully saturated rings. The van der Waals surface area contributed by atoms with Crippen LogP contribution in [0.4, 0.5) is 0 Å². The van der Waals surface area contributed by atoms with Gasteiger partial charge in [-0.15, -0.1) is 0 Å². The molecule has 0 radical (unpaired) electrons. The Hall–Kier alpha value is -1.32. The van der Waals surface area contributed by atoms with Crippen LogP contribution in [0.2, 0.25) is 10.0 Å². The highest BCUT2D eigenvalue weighted by Crippen LogP contribution is 2.23. The fourth-order valence-corrected chi connectivity index (χ4v) is 1.93. The monoisotopic (exact) mass is 282 g/mol. The predicted molar refractivity (Wildman–Crippen MR) is 72.4 cm³/mol. The van der Waals surface area contributed by atoms with Crippen LogP contribution in [-0.4, -0.2) is 15.6 Å². The van der Waals surface area contributed by atoms with Crippen molar-refractivity contribution in [3.63, 3.8) is 0 Å². The number of hydrogen-bond donors (Lipinski definition) is 0. The molecule has 0 unspecified atom stereocenters. The summed E-state index contributed by atoms with van der Waals surface area (Å²) in [5.74, 6) is -0.101. The van der Waals surface area contributed by atoms with Crippen LogP contribution in [0, 0.1) is 0 Å². The van der Waals surface area contributed by atoms with Crippen LogP contribution in [0.15, 0.2) is 30.6 Å². The summed E-state index contributed by atoms with van der Waals surface area (Å²) in [7, 11) is 0. The Morgan fingerprint density at radius 1 is 1.28 bits per heavy atom. The number of nitrogens with zero attached hydrogens (tertiary/aromatic N) is 2. The van der Waals surface area contributed by atoms with E-state index in [1.54, 1.807) is 35.3 Å². The SMILES string of the molecule is CCCn1cc(C(=O)c2ccc(Cl)c(Cl)c2)cn1. The lowest BCUT2D eigenvalue weighted by Crippen LogP contribution is -2.00. The van der Waals surface area contributed by atoms with Gasteiger partial charge in [-0.05, 0) is 24.6 Å². The Balaban J connectivity index is 2.26. The molecule has 1 heterocycles. The van der Waals surface area contributed by atoms with Crippen molar-refractivity contribution in [3.8, 4) is 0 Å². The predicted octanol–water partition coefficient (Wildman–Crippen LogP) is 3.83. The second-order valence-electron chi connectivity index (χ2n) is 3.95. The Kier molecular flexibility index (Phi) is 4.04. The number of aryl methyl sites for hydroxylation is 1. The summed E-state index contributed by atoms with van der Waals surface area (Å²) in [6, 6.07) is 4.85. The van der Waals surface area contributed by atoms with Gasteiger partial charge in [0.25, 0.3) is 0 Å². The molecule has 94 valence electrons. The zero-order valence-corrected chi connectivity index (χ0v) is 11.4. The summed E-state index contributed by atoms with van der Waals surface area (Å²) >= 11 is 11.7. The van der Waals surface area contributed by atoms with Crippen LogP contribution in [-0.2, 0) is 6.54 Å². The van der Waals surface area contributed by atoms with Crippen molar-refractivity contribution in [2.24, 2.45) is 0 Å². The molecule has 3 nitrogen and oxygen atoms in total. The van der Waals surface area contributed by atoms with Gasteiger partial charge in [-0.25, -0.2) is 0 Å². The minimum atomic E-state index is -0.101. The van der Waals surface area contributed by atoms with Crippen LogP contribution >= 0.6 is 23.2 Å². The maximum atomic E-state index is 12.2. The van der Waals surface area contributed by atoms with E-state index >= 15 is 0 Å². The first-order valence-electron chi connectivity index (χ1n) is 5.64. The third-order valence-electron chi connectivity index (χ3n) is 2.53. The van der Waals surface area contributed by atoms with E-state index in [4.69, 9.17) is 23.2 Å². The van der Waals surface area contributed by atoms with Crippen molar-refractivity contribution in [1.82, 2.24) is 9.78 Å². The second-order valence-corrected chi connectivity index (χ2v) is 4.76. The number of hydrogen-bond acceptors (Lipinski definition) is 2. The molecule has 2 rings (SSSR count). The van der Waals surface area contributed by atoms with E-state index in [2.05, 4.69) is 12.0 Å². The highest BCUT2D eigenvalue weighted by atomic mass is 35.5. The first-order valence-corrected chi connectivity index (χ1v) is 6.39. The van der Waals surface area contributed by atoms with E-state index in [0.29, 0.717) is 21.2 Å². The number of aromatic nitrogens is 2. The maximum absolute atomic E-state index is 12.2. The van der Waals surface area contributed by atoms with E-state index in [1.165, 1.54) is 0 Å². The molecule has 0 aliphatic carbocycles. The Morgan fingerprint density at radius 3 is 2.72 bits per heavy atom. The normalized spacial score (nSPS) is 10.6. The molecule has 1 aromatic heterocycles. The van der Waals surface area contributed by atoms with Crippen molar-refractivity contribution in [1.29, 1.82) is 0 Å². The first-order chi connectivity index (χ1) is 8.61. The lowest BCUT2D eigenvalue weighted by atomic mass is 10.1. The van der Waals surface area contributed by atoms with E-state index in [1.807, 2.05) is 0 Å². The lowest BCUT2D eigenvalue weighted by molar-refractivity contribution is 0.103. The summed E-state index contributed by atoms with van der Waals surface area (Å²) in [5, 5.41) is 4.95. The quantitative estimate of drug-likeness (QED) is 0.799. The minimum Gasteiger partial charge on any atom is -0.288 e. The van der Waals surface area contributed by atoms with E-state index in [-0.39, 0.29) is 5.78 Å². The smallest absolute Gasteiger partial charge is 0.196 e. The average molecular weight is 283 g/mol. The Bertz CT molecular complexity index is 578. The van der Waals surface area contributed by atoms with Gasteiger partial charge in [0.05, 0.1) is 21.8 Å². The zero-order valence-electron chi connectivity index (χ0n) is 9.86. The highest BCUT2D eigenvalue weighted by Gasteiger charge is 2.12. The fourth-order valence-electron chi connectivity index (χ4n) is 1.64. The fraction of sp³-hybridized carbons (Fsp3) is 0.231. The molecule has 0 N–H and O–H groups in total. The Labute approximate surface area is 115 Å². The summed E-state index contributed by atoms with van der Waals surface area (Å²) in [6.45, 7) is 2.86. The van der Waals surface area contributed by atoms with Crippen molar-refractivity contribution in [3.05, 3.63) is 51.8 Å². The molecule has 0 atom stereocenters.